The van der Waals surface area contributed by atoms with Crippen LogP contribution in [0.15, 0.2) is 72.8 Å². The molecule has 1 aliphatic carbocycles. The number of aromatic nitrogens is 1. The number of nitrogens with one attached hydrogen (secondary N) is 1. The molecule has 4 aromatic rings. The van der Waals surface area contributed by atoms with E-state index >= 15 is 0 Å². The highest BCUT2D eigenvalue weighted by Crippen LogP contribution is 2.44. The smallest absolute Gasteiger partial charge is 0.407 e. The number of carbonyl (C=O) groups excluding carboxylic acids is 2. The van der Waals surface area contributed by atoms with Gasteiger partial charge >= 0.3 is 6.09 Å². The largest absolute Gasteiger partial charge is 0.449 e. The van der Waals surface area contributed by atoms with Crippen molar-refractivity contribution < 1.29 is 14.3 Å². The Labute approximate surface area is 196 Å². The summed E-state index contributed by atoms with van der Waals surface area (Å²) in [4.78, 5) is 28.6. The molecule has 1 N–H and O–H groups in total. The molecule has 0 fully saturated rings. The summed E-state index contributed by atoms with van der Waals surface area (Å²) < 4.78 is 5.63. The Balaban J connectivity index is 1.32. The predicted molar refractivity (Wildman–Crippen MR) is 129 cm³/mol. The third kappa shape index (κ3) is 3.85. The highest BCUT2D eigenvalue weighted by molar-refractivity contribution is 6.36. The number of amides is 1. The second kappa shape index (κ2) is 8.68. The SMILES string of the molecule is CC(NC(=O)OCC1c2ccccc2-c2ccccc21)c1cc2cccc(Cl)c2c(C=O)n1. The van der Waals surface area contributed by atoms with Gasteiger partial charge in [-0.1, -0.05) is 72.3 Å². The van der Waals surface area contributed by atoms with E-state index < -0.39 is 12.1 Å². The number of benzene rings is 3. The summed E-state index contributed by atoms with van der Waals surface area (Å²) in [5.74, 6) is -0.0129. The zero-order chi connectivity index (χ0) is 22.9. The summed E-state index contributed by atoms with van der Waals surface area (Å²) >= 11 is 6.24. The number of rotatable bonds is 5. The Hall–Kier alpha value is -3.70. The maximum atomic E-state index is 12.6. The molecule has 0 spiro atoms. The van der Waals surface area contributed by atoms with Crippen LogP contribution in [0.5, 0.6) is 0 Å². The predicted octanol–water partition coefficient (Wildman–Crippen LogP) is 6.30. The van der Waals surface area contributed by atoms with E-state index in [1.807, 2.05) is 42.5 Å². The third-order valence-electron chi connectivity index (χ3n) is 6.09. The Morgan fingerprint density at radius 1 is 1.06 bits per heavy atom. The molecule has 1 atom stereocenters. The van der Waals surface area contributed by atoms with Gasteiger partial charge in [0, 0.05) is 11.3 Å². The van der Waals surface area contributed by atoms with E-state index in [0.29, 0.717) is 22.4 Å². The van der Waals surface area contributed by atoms with Crippen LogP contribution in [-0.2, 0) is 4.74 Å². The molecule has 1 unspecified atom stereocenters. The number of nitrogens with zero attached hydrogens (tertiary/aromatic N) is 1. The van der Waals surface area contributed by atoms with Crippen molar-refractivity contribution in [2.24, 2.45) is 0 Å². The summed E-state index contributed by atoms with van der Waals surface area (Å²) in [6.07, 6.45) is 0.141. The van der Waals surface area contributed by atoms with Gasteiger partial charge in [-0.05, 0) is 46.7 Å². The van der Waals surface area contributed by atoms with Crippen LogP contribution < -0.4 is 5.32 Å². The van der Waals surface area contributed by atoms with Gasteiger partial charge in [0.2, 0.25) is 0 Å². The first kappa shape index (κ1) is 21.2. The molecule has 0 saturated carbocycles. The van der Waals surface area contributed by atoms with Crippen LogP contribution in [0.25, 0.3) is 21.9 Å². The van der Waals surface area contributed by atoms with Gasteiger partial charge in [-0.15, -0.1) is 0 Å². The minimum absolute atomic E-state index is 0.0129. The van der Waals surface area contributed by atoms with Crippen molar-refractivity contribution in [1.29, 1.82) is 0 Å². The minimum atomic E-state index is -0.537. The summed E-state index contributed by atoms with van der Waals surface area (Å²) in [6, 6.07) is 23.1. The first-order valence-corrected chi connectivity index (χ1v) is 11.1. The average Bonchev–Trinajstić information content (AvgIpc) is 3.16. The van der Waals surface area contributed by atoms with Gasteiger partial charge in [0.25, 0.3) is 0 Å². The Kier molecular flexibility index (Phi) is 5.56. The molecule has 33 heavy (non-hydrogen) atoms. The number of halogens is 1. The molecule has 1 heterocycles. The van der Waals surface area contributed by atoms with Gasteiger partial charge in [0.15, 0.2) is 6.29 Å². The normalized spacial score (nSPS) is 13.3. The minimum Gasteiger partial charge on any atom is -0.449 e. The molecule has 5 nitrogen and oxygen atoms in total. The molecule has 0 saturated heterocycles. The third-order valence-corrected chi connectivity index (χ3v) is 6.40. The Morgan fingerprint density at radius 3 is 2.39 bits per heavy atom. The molecule has 1 amide bonds. The Bertz CT molecular complexity index is 1340. The molecule has 5 rings (SSSR count). The number of carbonyl (C=O) groups is 2. The summed E-state index contributed by atoms with van der Waals surface area (Å²) in [6.45, 7) is 2.03. The number of aldehydes is 1. The fourth-order valence-corrected chi connectivity index (χ4v) is 4.79. The van der Waals surface area contributed by atoms with Crippen LogP contribution in [0.1, 0.15) is 46.2 Å². The van der Waals surface area contributed by atoms with Gasteiger partial charge in [0.1, 0.15) is 12.3 Å². The second-order valence-electron chi connectivity index (χ2n) is 8.08. The molecule has 0 radical (unpaired) electrons. The molecular weight excluding hydrogens is 436 g/mol. The molecule has 0 aliphatic heterocycles. The zero-order valence-electron chi connectivity index (χ0n) is 17.9. The first-order valence-electron chi connectivity index (χ1n) is 10.7. The lowest BCUT2D eigenvalue weighted by molar-refractivity contribution is 0.112. The highest BCUT2D eigenvalue weighted by atomic mass is 35.5. The molecule has 0 bridgehead atoms. The van der Waals surface area contributed by atoms with Crippen LogP contribution in [0, 0.1) is 0 Å². The quantitative estimate of drug-likeness (QED) is 0.358. The van der Waals surface area contributed by atoms with Crippen LogP contribution in [0.2, 0.25) is 5.02 Å². The molecule has 6 heteroatoms. The number of alkyl carbamates (subject to hydrolysis) is 1. The van der Waals surface area contributed by atoms with Gasteiger partial charge in [-0.25, -0.2) is 9.78 Å². The van der Waals surface area contributed by atoms with E-state index in [9.17, 15) is 9.59 Å². The molecule has 1 aliphatic rings. The second-order valence-corrected chi connectivity index (χ2v) is 8.49. The van der Waals surface area contributed by atoms with E-state index in [4.69, 9.17) is 16.3 Å². The number of hydrogen-bond donors (Lipinski definition) is 1. The van der Waals surface area contributed by atoms with E-state index in [2.05, 4.69) is 34.6 Å². The van der Waals surface area contributed by atoms with Crippen LogP contribution in [-0.4, -0.2) is 24.0 Å². The van der Waals surface area contributed by atoms with Crippen molar-refractivity contribution in [2.45, 2.75) is 18.9 Å². The van der Waals surface area contributed by atoms with Crippen molar-refractivity contribution in [2.75, 3.05) is 6.61 Å². The lowest BCUT2D eigenvalue weighted by Crippen LogP contribution is -2.29. The molecule has 164 valence electrons. The first-order chi connectivity index (χ1) is 16.1. The fraction of sp³-hybridized carbons (Fsp3) is 0.148. The number of ether oxygens (including phenoxy) is 1. The van der Waals surface area contributed by atoms with Gasteiger partial charge in [-0.3, -0.25) is 4.79 Å². The van der Waals surface area contributed by atoms with Gasteiger partial charge in [0.05, 0.1) is 16.8 Å². The van der Waals surface area contributed by atoms with E-state index in [0.717, 1.165) is 16.5 Å². The number of pyridine rings is 1. The van der Waals surface area contributed by atoms with Crippen LogP contribution in [0.4, 0.5) is 4.79 Å². The highest BCUT2D eigenvalue weighted by Gasteiger charge is 2.29. The van der Waals surface area contributed by atoms with Crippen molar-refractivity contribution >= 4 is 34.8 Å². The summed E-state index contributed by atoms with van der Waals surface area (Å²) in [5, 5.41) is 4.68. The standard InChI is InChI=1S/C27H21ClN2O3/c1-16(24-13-17-7-6-12-23(28)26(17)25(14-31)30-24)29-27(32)33-15-22-20-10-4-2-8-18(20)19-9-3-5-11-21(19)22/h2-14,16,22H,15H2,1H3,(H,29,32). The molecular formula is C27H21ClN2O3. The molecule has 3 aromatic carbocycles. The fourth-order valence-electron chi connectivity index (χ4n) is 4.52. The summed E-state index contributed by atoms with van der Waals surface area (Å²) in [5.41, 5.74) is 5.47. The van der Waals surface area contributed by atoms with Gasteiger partial charge < -0.3 is 10.1 Å². The summed E-state index contributed by atoms with van der Waals surface area (Å²) in [7, 11) is 0. The number of hydrogen-bond acceptors (Lipinski definition) is 4. The topological polar surface area (TPSA) is 68.3 Å². The van der Waals surface area contributed by atoms with Gasteiger partial charge in [-0.2, -0.15) is 0 Å². The lowest BCUT2D eigenvalue weighted by Gasteiger charge is -2.18. The van der Waals surface area contributed by atoms with Crippen LogP contribution >= 0.6 is 11.6 Å². The van der Waals surface area contributed by atoms with Crippen molar-refractivity contribution in [3.05, 3.63) is 100 Å². The zero-order valence-corrected chi connectivity index (χ0v) is 18.7. The van der Waals surface area contributed by atoms with Crippen LogP contribution in [0.3, 0.4) is 0 Å². The Morgan fingerprint density at radius 2 is 1.73 bits per heavy atom. The number of fused-ring (bicyclic) bond motifs is 4. The van der Waals surface area contributed by atoms with E-state index in [1.165, 1.54) is 11.1 Å². The van der Waals surface area contributed by atoms with Crippen molar-refractivity contribution in [1.82, 2.24) is 10.3 Å². The van der Waals surface area contributed by atoms with E-state index in [1.54, 1.807) is 13.0 Å². The monoisotopic (exact) mass is 456 g/mol. The van der Waals surface area contributed by atoms with Crippen molar-refractivity contribution in [3.8, 4) is 11.1 Å². The maximum Gasteiger partial charge on any atom is 0.407 e. The maximum absolute atomic E-state index is 12.6. The average molecular weight is 457 g/mol. The van der Waals surface area contributed by atoms with E-state index in [-0.39, 0.29) is 18.2 Å². The molecule has 1 aromatic heterocycles. The lowest BCUT2D eigenvalue weighted by atomic mass is 9.98. The van der Waals surface area contributed by atoms with Crippen molar-refractivity contribution in [3.63, 3.8) is 0 Å².